The fourth-order valence-corrected chi connectivity index (χ4v) is 3.33. The second-order valence-corrected chi connectivity index (χ2v) is 7.04. The molecule has 1 saturated heterocycles. The monoisotopic (exact) mass is 416 g/mol. The van der Waals surface area contributed by atoms with Crippen molar-refractivity contribution in [1.82, 2.24) is 10.2 Å². The average molecular weight is 417 g/mol. The van der Waals surface area contributed by atoms with Crippen molar-refractivity contribution in [3.63, 3.8) is 0 Å². The van der Waals surface area contributed by atoms with Crippen LogP contribution < -0.4 is 5.32 Å². The van der Waals surface area contributed by atoms with Crippen molar-refractivity contribution in [2.75, 3.05) is 19.6 Å². The summed E-state index contributed by atoms with van der Waals surface area (Å²) in [7, 11) is 0. The maximum absolute atomic E-state index is 9.55. The lowest BCUT2D eigenvalue weighted by molar-refractivity contribution is -0.134. The van der Waals surface area contributed by atoms with Gasteiger partial charge in [0.05, 0.1) is 0 Å². The van der Waals surface area contributed by atoms with Crippen LogP contribution in [0.4, 0.5) is 0 Å². The number of carbonyl (C=O) groups is 2. The van der Waals surface area contributed by atoms with E-state index in [-0.39, 0.29) is 0 Å². The quantitative estimate of drug-likeness (QED) is 0.587. The van der Waals surface area contributed by atoms with Gasteiger partial charge in [-0.15, -0.1) is 0 Å². The predicted octanol–water partition coefficient (Wildman–Crippen LogP) is 3.67. The maximum Gasteiger partial charge on any atom is 0.328 e. The standard InChI is InChI=1S/C15H22Cl2N2.C4H4O4/c1-2-9-19(14-5-7-18-8-6-14)11-12-3-4-13(16)10-15(12)17;5-3(6)1-2-4(7)8/h3-4,10,14,18H,2,5-9,11H2,1H3;1-2H,(H,5,6)(H,7,8)/b;2-1+. The van der Waals surface area contributed by atoms with E-state index < -0.39 is 11.9 Å². The molecule has 2 rings (SSSR count). The molecule has 1 aliphatic rings. The first kappa shape index (κ1) is 23.4. The minimum Gasteiger partial charge on any atom is -0.478 e. The lowest BCUT2D eigenvalue weighted by Gasteiger charge is -2.34. The fourth-order valence-electron chi connectivity index (χ4n) is 2.86. The normalized spacial score (nSPS) is 14.8. The van der Waals surface area contributed by atoms with Gasteiger partial charge in [0, 0.05) is 34.8 Å². The summed E-state index contributed by atoms with van der Waals surface area (Å²) in [5.74, 6) is -2.51. The summed E-state index contributed by atoms with van der Waals surface area (Å²) in [6.45, 7) is 6.54. The number of halogens is 2. The van der Waals surface area contributed by atoms with Crippen molar-refractivity contribution in [1.29, 1.82) is 0 Å². The van der Waals surface area contributed by atoms with Crippen LogP contribution in [0.2, 0.25) is 10.0 Å². The zero-order valence-electron chi connectivity index (χ0n) is 15.3. The van der Waals surface area contributed by atoms with Gasteiger partial charge in [0.1, 0.15) is 0 Å². The van der Waals surface area contributed by atoms with Crippen LogP contribution in [0.3, 0.4) is 0 Å². The summed E-state index contributed by atoms with van der Waals surface area (Å²) in [5, 5.41) is 20.5. The molecule has 27 heavy (non-hydrogen) atoms. The van der Waals surface area contributed by atoms with Gasteiger partial charge in [0.25, 0.3) is 0 Å². The van der Waals surface area contributed by atoms with Crippen LogP contribution in [0.1, 0.15) is 31.7 Å². The Hall–Kier alpha value is -1.60. The number of carboxylic acid groups (broad SMARTS) is 2. The highest BCUT2D eigenvalue weighted by molar-refractivity contribution is 6.35. The molecule has 1 aromatic rings. The Bertz CT molecular complexity index is 631. The van der Waals surface area contributed by atoms with Crippen LogP contribution in [-0.4, -0.2) is 52.7 Å². The molecular weight excluding hydrogens is 391 g/mol. The Labute approximate surface area is 169 Å². The van der Waals surface area contributed by atoms with E-state index in [4.69, 9.17) is 33.4 Å². The summed E-state index contributed by atoms with van der Waals surface area (Å²) in [4.78, 5) is 21.7. The van der Waals surface area contributed by atoms with Crippen molar-refractivity contribution in [2.24, 2.45) is 0 Å². The van der Waals surface area contributed by atoms with E-state index in [1.807, 2.05) is 12.1 Å². The molecule has 0 spiro atoms. The molecule has 3 N–H and O–H groups in total. The van der Waals surface area contributed by atoms with Crippen molar-refractivity contribution in [3.05, 3.63) is 46.0 Å². The molecule has 8 heteroatoms. The minimum atomic E-state index is -1.26. The first-order chi connectivity index (χ1) is 12.8. The smallest absolute Gasteiger partial charge is 0.328 e. The topological polar surface area (TPSA) is 89.9 Å². The van der Waals surface area contributed by atoms with Gasteiger partial charge >= 0.3 is 11.9 Å². The lowest BCUT2D eigenvalue weighted by Crippen LogP contribution is -2.43. The van der Waals surface area contributed by atoms with Gasteiger partial charge in [-0.1, -0.05) is 36.2 Å². The fraction of sp³-hybridized carbons (Fsp3) is 0.474. The number of hydrogen-bond donors (Lipinski definition) is 3. The van der Waals surface area contributed by atoms with Gasteiger partial charge in [-0.2, -0.15) is 0 Å². The van der Waals surface area contributed by atoms with Crippen LogP contribution in [0.5, 0.6) is 0 Å². The number of piperidine rings is 1. The Morgan fingerprint density at radius 3 is 2.26 bits per heavy atom. The van der Waals surface area contributed by atoms with Crippen LogP contribution in [-0.2, 0) is 16.1 Å². The maximum atomic E-state index is 9.55. The van der Waals surface area contributed by atoms with Crippen molar-refractivity contribution in [2.45, 2.75) is 38.8 Å². The zero-order valence-corrected chi connectivity index (χ0v) is 16.8. The summed E-state index contributed by atoms with van der Waals surface area (Å²) < 4.78 is 0. The number of aliphatic carboxylic acids is 2. The molecule has 1 aliphatic heterocycles. The third-order valence-electron chi connectivity index (χ3n) is 4.09. The lowest BCUT2D eigenvalue weighted by atomic mass is 10.0. The largest absolute Gasteiger partial charge is 0.478 e. The van der Waals surface area contributed by atoms with Gasteiger partial charge in [-0.05, 0) is 56.6 Å². The van der Waals surface area contributed by atoms with E-state index in [0.717, 1.165) is 31.2 Å². The summed E-state index contributed by atoms with van der Waals surface area (Å²) in [6.07, 6.45) is 4.75. The molecule has 0 atom stereocenters. The number of nitrogens with zero attached hydrogens (tertiary/aromatic N) is 1. The van der Waals surface area contributed by atoms with Gasteiger partial charge in [0.15, 0.2) is 0 Å². The van der Waals surface area contributed by atoms with Crippen molar-refractivity contribution < 1.29 is 19.8 Å². The Kier molecular flexibility index (Phi) is 11.0. The van der Waals surface area contributed by atoms with Gasteiger partial charge < -0.3 is 15.5 Å². The van der Waals surface area contributed by atoms with E-state index in [1.54, 1.807) is 0 Å². The SMILES string of the molecule is CCCN(Cc1ccc(Cl)cc1Cl)C1CCNCC1.O=C(O)/C=C/C(=O)O. The van der Waals surface area contributed by atoms with Crippen LogP contribution >= 0.6 is 23.2 Å². The highest BCUT2D eigenvalue weighted by Gasteiger charge is 2.21. The van der Waals surface area contributed by atoms with Crippen LogP contribution in [0, 0.1) is 0 Å². The number of nitrogens with one attached hydrogen (secondary N) is 1. The van der Waals surface area contributed by atoms with Gasteiger partial charge in [-0.25, -0.2) is 9.59 Å². The molecule has 0 aliphatic carbocycles. The van der Waals surface area contributed by atoms with Gasteiger partial charge in [0.2, 0.25) is 0 Å². The molecule has 0 amide bonds. The molecule has 6 nitrogen and oxygen atoms in total. The summed E-state index contributed by atoms with van der Waals surface area (Å²) in [6, 6.07) is 6.49. The third-order valence-corrected chi connectivity index (χ3v) is 4.68. The average Bonchev–Trinajstić information content (AvgIpc) is 2.63. The highest BCUT2D eigenvalue weighted by Crippen LogP contribution is 2.24. The van der Waals surface area contributed by atoms with Gasteiger partial charge in [-0.3, -0.25) is 4.90 Å². The molecule has 1 heterocycles. The van der Waals surface area contributed by atoms with Crippen LogP contribution in [0.15, 0.2) is 30.4 Å². The number of carboxylic acids is 2. The minimum absolute atomic E-state index is 0.558. The molecule has 150 valence electrons. The zero-order chi connectivity index (χ0) is 20.2. The number of rotatable bonds is 7. The second kappa shape index (κ2) is 12.7. The van der Waals surface area contributed by atoms with E-state index in [9.17, 15) is 9.59 Å². The molecular formula is C19H26Cl2N2O4. The van der Waals surface area contributed by atoms with Crippen molar-refractivity contribution in [3.8, 4) is 0 Å². The third kappa shape index (κ3) is 9.77. The Morgan fingerprint density at radius 1 is 1.19 bits per heavy atom. The molecule has 0 bridgehead atoms. The molecule has 0 unspecified atom stereocenters. The Morgan fingerprint density at radius 2 is 1.78 bits per heavy atom. The molecule has 0 radical (unpaired) electrons. The molecule has 0 aromatic heterocycles. The Balaban J connectivity index is 0.000000387. The molecule has 0 saturated carbocycles. The highest BCUT2D eigenvalue weighted by atomic mass is 35.5. The van der Waals surface area contributed by atoms with E-state index in [0.29, 0.717) is 23.2 Å². The predicted molar refractivity (Wildman–Crippen MR) is 107 cm³/mol. The first-order valence-corrected chi connectivity index (χ1v) is 9.61. The summed E-state index contributed by atoms with van der Waals surface area (Å²) >= 11 is 12.2. The first-order valence-electron chi connectivity index (χ1n) is 8.86. The van der Waals surface area contributed by atoms with E-state index in [1.165, 1.54) is 24.8 Å². The van der Waals surface area contributed by atoms with Crippen molar-refractivity contribution >= 4 is 35.1 Å². The van der Waals surface area contributed by atoms with Crippen LogP contribution in [0.25, 0.3) is 0 Å². The van der Waals surface area contributed by atoms with E-state index in [2.05, 4.69) is 23.2 Å². The second-order valence-electron chi connectivity index (χ2n) is 6.20. The summed E-state index contributed by atoms with van der Waals surface area (Å²) in [5.41, 5.74) is 1.18. The van der Waals surface area contributed by atoms with E-state index >= 15 is 0 Å². The number of benzene rings is 1. The molecule has 1 aromatic carbocycles. The molecule has 1 fully saturated rings. The number of hydrogen-bond acceptors (Lipinski definition) is 4.